The van der Waals surface area contributed by atoms with E-state index >= 15 is 0 Å². The van der Waals surface area contributed by atoms with Crippen LogP contribution in [-0.4, -0.2) is 74.3 Å². The molecule has 4 atom stereocenters. The molecular formula is C36H38N6O5. The van der Waals surface area contributed by atoms with Gasteiger partial charge in [-0.2, -0.15) is 0 Å². The maximum Gasteiger partial charge on any atom is 0.289 e. The molecule has 3 aromatic carbocycles. The lowest BCUT2D eigenvalue weighted by Crippen LogP contribution is -2.31. The third-order valence-corrected chi connectivity index (χ3v) is 8.62. The Morgan fingerprint density at radius 1 is 0.915 bits per heavy atom. The van der Waals surface area contributed by atoms with Gasteiger partial charge in [-0.25, -0.2) is 15.0 Å². The van der Waals surface area contributed by atoms with E-state index in [0.29, 0.717) is 36.5 Å². The van der Waals surface area contributed by atoms with Gasteiger partial charge in [0.2, 0.25) is 5.82 Å². The molecule has 242 valence electrons. The smallest absolute Gasteiger partial charge is 0.289 e. The van der Waals surface area contributed by atoms with Crippen LogP contribution in [0.5, 0.6) is 0 Å². The average molecular weight is 635 g/mol. The summed E-state index contributed by atoms with van der Waals surface area (Å²) < 4.78 is 20.3. The first kappa shape index (κ1) is 30.9. The third-order valence-electron chi connectivity index (χ3n) is 8.62. The van der Waals surface area contributed by atoms with E-state index in [1.165, 1.54) is 0 Å². The van der Waals surface area contributed by atoms with Crippen molar-refractivity contribution in [2.24, 2.45) is 0 Å². The zero-order valence-electron chi connectivity index (χ0n) is 26.3. The number of anilines is 1. The number of imidazole rings is 1. The molecule has 0 unspecified atom stereocenters. The molecule has 0 radical (unpaired) electrons. The number of aliphatic hydroxyl groups excluding tert-OH is 1. The van der Waals surface area contributed by atoms with E-state index in [9.17, 15) is 9.90 Å². The summed E-state index contributed by atoms with van der Waals surface area (Å²) in [5.41, 5.74) is 4.29. The molecule has 4 heterocycles. The number of carbonyl (C=O) groups is 1. The van der Waals surface area contributed by atoms with Crippen LogP contribution in [0.3, 0.4) is 0 Å². The molecule has 0 saturated carbocycles. The molecule has 47 heavy (non-hydrogen) atoms. The number of aliphatic hydroxyl groups is 1. The monoisotopic (exact) mass is 634 g/mol. The molecule has 3 N–H and O–H groups in total. The van der Waals surface area contributed by atoms with Crippen LogP contribution >= 0.6 is 0 Å². The highest BCUT2D eigenvalue weighted by Gasteiger charge is 2.56. The fraction of sp³-hybridized carbons (Fsp3) is 0.333. The van der Waals surface area contributed by atoms with Crippen molar-refractivity contribution >= 4 is 22.9 Å². The summed E-state index contributed by atoms with van der Waals surface area (Å²) in [6, 6.07) is 30.5. The van der Waals surface area contributed by atoms with E-state index in [4.69, 9.17) is 29.2 Å². The number of nitrogens with zero attached hydrogens (tertiary/aromatic N) is 4. The molecule has 2 aliphatic rings. The number of benzene rings is 3. The molecule has 0 bridgehead atoms. The Bertz CT molecular complexity index is 1780. The van der Waals surface area contributed by atoms with Crippen molar-refractivity contribution in [3.8, 4) is 0 Å². The van der Waals surface area contributed by atoms with Gasteiger partial charge in [-0.15, -0.1) is 0 Å². The molecule has 1 amide bonds. The minimum atomic E-state index is -0.851. The van der Waals surface area contributed by atoms with E-state index in [-0.39, 0.29) is 18.3 Å². The number of carbonyl (C=O) groups excluding carboxylic acids is 1. The van der Waals surface area contributed by atoms with Crippen molar-refractivity contribution < 1.29 is 24.1 Å². The molecule has 2 fully saturated rings. The summed E-state index contributed by atoms with van der Waals surface area (Å²) in [5.74, 6) is -0.820. The number of rotatable bonds is 11. The second-order valence-electron chi connectivity index (χ2n) is 12.3. The number of hydrogen-bond donors (Lipinski definition) is 3. The highest BCUT2D eigenvalue weighted by molar-refractivity contribution is 5.94. The lowest BCUT2D eigenvalue weighted by atomic mass is 9.91. The predicted octanol–water partition coefficient (Wildman–Crippen LogP) is 4.45. The molecule has 11 nitrogen and oxygen atoms in total. The van der Waals surface area contributed by atoms with Gasteiger partial charge >= 0.3 is 0 Å². The van der Waals surface area contributed by atoms with Gasteiger partial charge in [0, 0.05) is 19.0 Å². The summed E-state index contributed by atoms with van der Waals surface area (Å²) in [5, 5.41) is 16.5. The number of fused-ring (bicyclic) bond motifs is 2. The third kappa shape index (κ3) is 6.48. The summed E-state index contributed by atoms with van der Waals surface area (Å²) >= 11 is 0. The van der Waals surface area contributed by atoms with Crippen molar-refractivity contribution in [3.63, 3.8) is 0 Å². The van der Waals surface area contributed by atoms with Gasteiger partial charge < -0.3 is 30.0 Å². The molecule has 0 aliphatic carbocycles. The first-order valence-corrected chi connectivity index (χ1v) is 15.9. The van der Waals surface area contributed by atoms with E-state index in [2.05, 4.69) is 34.9 Å². The Morgan fingerprint density at radius 3 is 2.21 bits per heavy atom. The summed E-state index contributed by atoms with van der Waals surface area (Å²) in [6.45, 7) is 4.34. The van der Waals surface area contributed by atoms with Crippen LogP contribution in [0.1, 0.15) is 53.3 Å². The van der Waals surface area contributed by atoms with Gasteiger partial charge in [0.05, 0.1) is 12.9 Å². The van der Waals surface area contributed by atoms with Crippen LogP contribution in [0, 0.1) is 0 Å². The normalized spacial score (nSPS) is 21.6. The average Bonchev–Trinajstić information content (AvgIpc) is 3.76. The Kier molecular flexibility index (Phi) is 8.70. The lowest BCUT2D eigenvalue weighted by Gasteiger charge is -2.24. The zero-order chi connectivity index (χ0) is 32.4. The number of ether oxygens (including phenoxy) is 3. The lowest BCUT2D eigenvalue weighted by molar-refractivity contribution is -0.199. The van der Waals surface area contributed by atoms with Crippen molar-refractivity contribution in [2.75, 3.05) is 25.0 Å². The molecule has 5 aromatic rings. The number of aromatic nitrogens is 4. The molecule has 0 spiro atoms. The van der Waals surface area contributed by atoms with Gasteiger partial charge in [0.15, 0.2) is 29.0 Å². The largest absolute Gasteiger partial charge is 0.394 e. The second-order valence-corrected chi connectivity index (χ2v) is 12.3. The number of nitrogens with one attached hydrogen (secondary N) is 2. The van der Waals surface area contributed by atoms with E-state index < -0.39 is 36.2 Å². The van der Waals surface area contributed by atoms with Crippen molar-refractivity contribution in [2.45, 2.75) is 56.5 Å². The highest BCUT2D eigenvalue weighted by Crippen LogP contribution is 2.43. The first-order valence-electron chi connectivity index (χ1n) is 15.9. The molecular weight excluding hydrogens is 596 g/mol. The van der Waals surface area contributed by atoms with Crippen molar-refractivity contribution in [3.05, 3.63) is 120 Å². The highest BCUT2D eigenvalue weighted by atomic mass is 16.8. The molecule has 2 aromatic heterocycles. The minimum absolute atomic E-state index is 0.00274. The van der Waals surface area contributed by atoms with E-state index in [0.717, 1.165) is 16.7 Å². The maximum absolute atomic E-state index is 13.5. The fourth-order valence-electron chi connectivity index (χ4n) is 6.40. The van der Waals surface area contributed by atoms with Crippen molar-refractivity contribution in [1.82, 2.24) is 24.8 Å². The molecule has 11 heteroatoms. The standard InChI is InChI=1S/C36H38N6O5/c1-36(2)46-29-27(21-43)45-35(30(29)47-36)42-22-39-28-31(38-20-26(24-14-8-4-9-15-24)25-16-10-5-11-17-25)40-32(41-33(28)42)34(44)37-19-18-23-12-6-3-7-13-23/h3-17,22,26-27,29-30,35,43H,18-21H2,1-2H3,(H,37,44)(H,38,40,41)/t27-,29-,30-,35-/m1/s1. The van der Waals surface area contributed by atoms with Gasteiger partial charge in [-0.1, -0.05) is 91.0 Å². The van der Waals surface area contributed by atoms with Gasteiger partial charge in [0.1, 0.15) is 18.3 Å². The summed E-state index contributed by atoms with van der Waals surface area (Å²) in [4.78, 5) is 27.6. The molecule has 2 aliphatic heterocycles. The van der Waals surface area contributed by atoms with Crippen LogP contribution in [-0.2, 0) is 20.6 Å². The van der Waals surface area contributed by atoms with Gasteiger partial charge in [0.25, 0.3) is 5.91 Å². The molecule has 2 saturated heterocycles. The second kappa shape index (κ2) is 13.2. The SMILES string of the molecule is CC1(C)O[C@@H]2[C@H](O1)[C@@H](CO)O[C@H]2n1cnc2c(NCC(c3ccccc3)c3ccccc3)nc(C(=O)NCCc3ccccc3)nc21. The molecule has 7 rings (SSSR count). The van der Waals surface area contributed by atoms with E-state index in [1.807, 2.05) is 80.6 Å². The zero-order valence-corrected chi connectivity index (χ0v) is 26.3. The van der Waals surface area contributed by atoms with Crippen LogP contribution in [0.25, 0.3) is 11.2 Å². The van der Waals surface area contributed by atoms with Crippen LogP contribution in [0.15, 0.2) is 97.3 Å². The maximum atomic E-state index is 13.5. The fourth-order valence-corrected chi connectivity index (χ4v) is 6.40. The minimum Gasteiger partial charge on any atom is -0.394 e. The van der Waals surface area contributed by atoms with Gasteiger partial charge in [-0.05, 0) is 37.0 Å². The predicted molar refractivity (Wildman–Crippen MR) is 176 cm³/mol. The Morgan fingerprint density at radius 2 is 1.55 bits per heavy atom. The summed E-state index contributed by atoms with van der Waals surface area (Å²) in [7, 11) is 0. The first-order chi connectivity index (χ1) is 22.9. The summed E-state index contributed by atoms with van der Waals surface area (Å²) in [6.07, 6.45) is 0.000143. The Hall–Kier alpha value is -4.68. The van der Waals surface area contributed by atoms with E-state index in [1.54, 1.807) is 10.9 Å². The topological polar surface area (TPSA) is 133 Å². The number of hydrogen-bond acceptors (Lipinski definition) is 9. The van der Waals surface area contributed by atoms with Gasteiger partial charge in [-0.3, -0.25) is 9.36 Å². The Labute approximate surface area is 272 Å². The van der Waals surface area contributed by atoms with Crippen LogP contribution in [0.4, 0.5) is 5.82 Å². The number of amides is 1. The van der Waals surface area contributed by atoms with Crippen LogP contribution in [0.2, 0.25) is 0 Å². The quantitative estimate of drug-likeness (QED) is 0.193. The van der Waals surface area contributed by atoms with Crippen molar-refractivity contribution in [1.29, 1.82) is 0 Å². The Balaban J connectivity index is 1.23. The van der Waals surface area contributed by atoms with Crippen LogP contribution < -0.4 is 10.6 Å².